The summed E-state index contributed by atoms with van der Waals surface area (Å²) in [4.78, 5) is 4.46. The van der Waals surface area contributed by atoms with Crippen molar-refractivity contribution in [3.63, 3.8) is 0 Å². The van der Waals surface area contributed by atoms with Crippen LogP contribution in [-0.2, 0) is 10.4 Å². The van der Waals surface area contributed by atoms with Crippen LogP contribution in [0.3, 0.4) is 0 Å². The molecule has 152 valence electrons. The molecule has 0 saturated carbocycles. The summed E-state index contributed by atoms with van der Waals surface area (Å²) < 4.78 is 31.6. The summed E-state index contributed by atoms with van der Waals surface area (Å²) in [5, 5.41) is 3.59. The van der Waals surface area contributed by atoms with Crippen LogP contribution in [0.15, 0.2) is 66.7 Å². The fraction of sp³-hybridized carbons (Fsp3) is 0.143. The fourth-order valence-electron chi connectivity index (χ4n) is 3.16. The maximum atomic E-state index is 8.74. The molecule has 0 aliphatic carbocycles. The largest absolute Gasteiger partial charge is 0.394 e. The molecular formula is C21H23N3O4S. The zero-order chi connectivity index (χ0) is 21.2. The van der Waals surface area contributed by atoms with Crippen molar-refractivity contribution in [3.05, 3.63) is 72.3 Å². The second-order valence-corrected chi connectivity index (χ2v) is 7.76. The molecule has 0 atom stereocenters. The van der Waals surface area contributed by atoms with Gasteiger partial charge in [-0.15, -0.1) is 0 Å². The monoisotopic (exact) mass is 413 g/mol. The summed E-state index contributed by atoms with van der Waals surface area (Å²) in [7, 11) is -0.524. The Labute approximate surface area is 170 Å². The van der Waals surface area contributed by atoms with Crippen LogP contribution in [0.1, 0.15) is 5.56 Å². The van der Waals surface area contributed by atoms with Crippen LogP contribution >= 0.6 is 0 Å². The van der Waals surface area contributed by atoms with E-state index in [1.54, 1.807) is 0 Å². The molecule has 7 nitrogen and oxygen atoms in total. The van der Waals surface area contributed by atoms with E-state index >= 15 is 0 Å². The van der Waals surface area contributed by atoms with Crippen LogP contribution in [0.5, 0.6) is 0 Å². The second-order valence-electron chi connectivity index (χ2n) is 6.86. The average Bonchev–Trinajstić information content (AvgIpc) is 2.65. The first-order valence-corrected chi connectivity index (χ1v) is 10.3. The van der Waals surface area contributed by atoms with Crippen molar-refractivity contribution in [3.8, 4) is 0 Å². The SMILES string of the molecule is Cc1ccc2c(c1)Nc1ccc(N(C)C)cc1N2c1ccccc1.O=S(=O)(O)O. The van der Waals surface area contributed by atoms with Crippen LogP contribution in [0.2, 0.25) is 0 Å². The van der Waals surface area contributed by atoms with Crippen molar-refractivity contribution in [1.29, 1.82) is 0 Å². The smallest absolute Gasteiger partial charge is 0.378 e. The Kier molecular flexibility index (Phi) is 5.78. The van der Waals surface area contributed by atoms with Gasteiger partial charge in [-0.05, 0) is 55.0 Å². The standard InChI is InChI=1S/C21H21N3.H2O4S/c1-15-9-12-20-19(13-15)22-18-11-10-17(23(2)3)14-21(18)24(20)16-7-5-4-6-8-16;1-5(2,3)4/h4-14,22H,1-3H3;(H2,1,2,3,4). The zero-order valence-electron chi connectivity index (χ0n) is 16.4. The number of aryl methyl sites for hydroxylation is 1. The summed E-state index contributed by atoms with van der Waals surface area (Å²) in [6.45, 7) is 2.12. The molecule has 0 spiro atoms. The van der Waals surface area contributed by atoms with Crippen LogP contribution in [0, 0.1) is 6.92 Å². The number of nitrogens with one attached hydrogen (secondary N) is 1. The molecule has 29 heavy (non-hydrogen) atoms. The summed E-state index contributed by atoms with van der Waals surface area (Å²) >= 11 is 0. The first-order chi connectivity index (χ1) is 13.6. The minimum Gasteiger partial charge on any atom is -0.378 e. The van der Waals surface area contributed by atoms with Gasteiger partial charge in [0.05, 0.1) is 22.7 Å². The topological polar surface area (TPSA) is 93.1 Å². The van der Waals surface area contributed by atoms with Crippen LogP contribution < -0.4 is 15.1 Å². The highest BCUT2D eigenvalue weighted by atomic mass is 32.3. The number of rotatable bonds is 2. The van der Waals surface area contributed by atoms with Crippen molar-refractivity contribution in [1.82, 2.24) is 0 Å². The molecule has 4 rings (SSSR count). The third kappa shape index (κ3) is 5.05. The van der Waals surface area contributed by atoms with Crippen molar-refractivity contribution in [2.24, 2.45) is 0 Å². The van der Waals surface area contributed by atoms with Gasteiger partial charge in [-0.25, -0.2) is 0 Å². The predicted octanol–water partition coefficient (Wildman–Crippen LogP) is 4.94. The van der Waals surface area contributed by atoms with E-state index in [2.05, 4.69) is 103 Å². The molecule has 1 aliphatic heterocycles. The van der Waals surface area contributed by atoms with E-state index in [-0.39, 0.29) is 0 Å². The van der Waals surface area contributed by atoms with Gasteiger partial charge in [-0.1, -0.05) is 24.3 Å². The molecule has 0 unspecified atom stereocenters. The van der Waals surface area contributed by atoms with Gasteiger partial charge in [0.2, 0.25) is 0 Å². The first-order valence-electron chi connectivity index (χ1n) is 8.87. The van der Waals surface area contributed by atoms with E-state index in [0.29, 0.717) is 0 Å². The first kappa shape index (κ1) is 20.7. The minimum atomic E-state index is -4.67. The van der Waals surface area contributed by atoms with Crippen molar-refractivity contribution in [2.75, 3.05) is 29.2 Å². The molecule has 3 aromatic rings. The molecule has 0 fully saturated rings. The van der Waals surface area contributed by atoms with Crippen molar-refractivity contribution in [2.45, 2.75) is 6.92 Å². The van der Waals surface area contributed by atoms with Crippen LogP contribution in [-0.4, -0.2) is 31.6 Å². The molecule has 0 amide bonds. The summed E-state index contributed by atoms with van der Waals surface area (Å²) in [6.07, 6.45) is 0. The highest BCUT2D eigenvalue weighted by Crippen LogP contribution is 2.48. The number of para-hydroxylation sites is 1. The van der Waals surface area contributed by atoms with Gasteiger partial charge < -0.3 is 15.1 Å². The van der Waals surface area contributed by atoms with E-state index in [4.69, 9.17) is 17.5 Å². The summed E-state index contributed by atoms with van der Waals surface area (Å²) in [5.74, 6) is 0. The Morgan fingerprint density at radius 2 is 1.52 bits per heavy atom. The molecule has 1 aliphatic rings. The molecule has 0 bridgehead atoms. The van der Waals surface area contributed by atoms with Gasteiger partial charge in [-0.2, -0.15) is 8.42 Å². The lowest BCUT2D eigenvalue weighted by Gasteiger charge is -2.35. The van der Waals surface area contributed by atoms with E-state index in [1.807, 2.05) is 0 Å². The highest BCUT2D eigenvalue weighted by Gasteiger charge is 2.24. The Balaban J connectivity index is 0.000000431. The fourth-order valence-corrected chi connectivity index (χ4v) is 3.16. The number of hydrogen-bond donors (Lipinski definition) is 3. The lowest BCUT2D eigenvalue weighted by Crippen LogP contribution is -2.19. The lowest BCUT2D eigenvalue weighted by molar-refractivity contribution is 0.381. The third-order valence-corrected chi connectivity index (χ3v) is 4.42. The van der Waals surface area contributed by atoms with Crippen molar-refractivity contribution >= 4 is 44.5 Å². The Hall–Kier alpha value is -3.07. The number of benzene rings is 3. The Morgan fingerprint density at radius 1 is 0.862 bits per heavy atom. The molecule has 0 radical (unpaired) electrons. The van der Waals surface area contributed by atoms with Gasteiger partial charge in [0, 0.05) is 25.5 Å². The average molecular weight is 413 g/mol. The third-order valence-electron chi connectivity index (χ3n) is 4.42. The number of fused-ring (bicyclic) bond motifs is 2. The number of nitrogens with zero attached hydrogens (tertiary/aromatic N) is 2. The van der Waals surface area contributed by atoms with E-state index in [0.717, 1.165) is 11.4 Å². The van der Waals surface area contributed by atoms with Gasteiger partial charge >= 0.3 is 10.4 Å². The van der Waals surface area contributed by atoms with Crippen LogP contribution in [0.4, 0.5) is 34.1 Å². The maximum absolute atomic E-state index is 8.74. The molecular weight excluding hydrogens is 390 g/mol. The molecule has 3 aromatic carbocycles. The number of hydrogen-bond acceptors (Lipinski definition) is 5. The molecule has 1 heterocycles. The quantitative estimate of drug-likeness (QED) is 0.401. The summed E-state index contributed by atoms with van der Waals surface area (Å²) in [6, 6.07) is 23.6. The maximum Gasteiger partial charge on any atom is 0.394 e. The van der Waals surface area contributed by atoms with Gasteiger partial charge in [0.25, 0.3) is 0 Å². The molecule has 8 heteroatoms. The normalized spacial score (nSPS) is 12.1. The number of anilines is 6. The second kappa shape index (κ2) is 8.12. The molecule has 3 N–H and O–H groups in total. The van der Waals surface area contributed by atoms with E-state index in [1.165, 1.54) is 28.3 Å². The van der Waals surface area contributed by atoms with E-state index in [9.17, 15) is 0 Å². The van der Waals surface area contributed by atoms with Gasteiger partial charge in [-0.3, -0.25) is 9.11 Å². The highest BCUT2D eigenvalue weighted by molar-refractivity contribution is 7.79. The molecule has 0 saturated heterocycles. The Morgan fingerprint density at radius 3 is 2.14 bits per heavy atom. The lowest BCUT2D eigenvalue weighted by atomic mass is 10.1. The van der Waals surface area contributed by atoms with Gasteiger partial charge in [0.1, 0.15) is 0 Å². The molecule has 0 aromatic heterocycles. The zero-order valence-corrected chi connectivity index (χ0v) is 17.2. The summed E-state index contributed by atoms with van der Waals surface area (Å²) in [5.41, 5.74) is 8.22. The van der Waals surface area contributed by atoms with Gasteiger partial charge in [0.15, 0.2) is 0 Å². The minimum absolute atomic E-state index is 1.13. The predicted molar refractivity (Wildman–Crippen MR) is 118 cm³/mol. The van der Waals surface area contributed by atoms with E-state index < -0.39 is 10.4 Å². The van der Waals surface area contributed by atoms with Crippen LogP contribution in [0.25, 0.3) is 0 Å². The van der Waals surface area contributed by atoms with Crippen molar-refractivity contribution < 1.29 is 17.5 Å². The Bertz CT molecular complexity index is 1110.